The second-order valence-electron chi connectivity index (χ2n) is 7.31. The second-order valence-corrected chi connectivity index (χ2v) is 7.31. The maximum atomic E-state index is 12.0. The molecule has 0 aliphatic carbocycles. The number of anilines is 1. The number of benzene rings is 1. The van der Waals surface area contributed by atoms with Crippen LogP contribution < -0.4 is 4.90 Å². The van der Waals surface area contributed by atoms with Crippen LogP contribution in [0.5, 0.6) is 0 Å². The molecule has 2 heterocycles. The van der Waals surface area contributed by atoms with Gasteiger partial charge < -0.3 is 10.0 Å². The Labute approximate surface area is 159 Å². The average Bonchev–Trinajstić information content (AvgIpc) is 2.69. The van der Waals surface area contributed by atoms with Gasteiger partial charge in [0.1, 0.15) is 11.9 Å². The fourth-order valence-electron chi connectivity index (χ4n) is 3.41. The van der Waals surface area contributed by atoms with Crippen molar-refractivity contribution in [3.63, 3.8) is 0 Å². The average molecular weight is 364 g/mol. The molecule has 140 valence electrons. The van der Waals surface area contributed by atoms with E-state index in [1.807, 2.05) is 61.2 Å². The topological polar surface area (TPSA) is 80.5 Å². The van der Waals surface area contributed by atoms with Crippen molar-refractivity contribution >= 4 is 11.8 Å². The number of nitrogens with zero attached hydrogens (tertiary/aromatic N) is 4. The zero-order valence-electron chi connectivity index (χ0n) is 15.7. The Hall–Kier alpha value is -2.91. The van der Waals surface area contributed by atoms with Crippen LogP contribution >= 0.6 is 0 Å². The normalized spacial score (nSPS) is 16.6. The third-order valence-electron chi connectivity index (χ3n) is 5.11. The van der Waals surface area contributed by atoms with Gasteiger partial charge in [-0.3, -0.25) is 9.69 Å². The van der Waals surface area contributed by atoms with Gasteiger partial charge in [-0.2, -0.15) is 5.26 Å². The molecule has 1 aliphatic heterocycles. The number of carbonyl (C=O) groups is 1. The summed E-state index contributed by atoms with van der Waals surface area (Å²) in [7, 11) is 0. The molecule has 6 heteroatoms. The van der Waals surface area contributed by atoms with E-state index < -0.39 is 17.4 Å². The van der Waals surface area contributed by atoms with Gasteiger partial charge in [0.2, 0.25) is 0 Å². The molecule has 1 fully saturated rings. The predicted octanol–water partition coefficient (Wildman–Crippen LogP) is 2.83. The molecule has 2 aromatic rings. The van der Waals surface area contributed by atoms with E-state index in [4.69, 9.17) is 0 Å². The summed E-state index contributed by atoms with van der Waals surface area (Å²) in [5.41, 5.74) is 1.04. The van der Waals surface area contributed by atoms with Crippen LogP contribution in [0.1, 0.15) is 31.0 Å². The Balaban J connectivity index is 1.74. The Morgan fingerprint density at radius 3 is 2.33 bits per heavy atom. The Morgan fingerprint density at radius 1 is 1.15 bits per heavy atom. The molecule has 1 aliphatic rings. The number of pyridine rings is 1. The highest BCUT2D eigenvalue weighted by Crippen LogP contribution is 2.27. The lowest BCUT2D eigenvalue weighted by Crippen LogP contribution is -2.49. The van der Waals surface area contributed by atoms with Gasteiger partial charge in [0, 0.05) is 32.4 Å². The molecule has 0 amide bonds. The molecule has 0 unspecified atom stereocenters. The smallest absolute Gasteiger partial charge is 0.325 e. The molecule has 0 radical (unpaired) electrons. The van der Waals surface area contributed by atoms with Crippen molar-refractivity contribution in [3.05, 3.63) is 59.8 Å². The Bertz CT molecular complexity index is 820. The first-order chi connectivity index (χ1) is 12.9. The number of aliphatic carboxylic acids is 1. The summed E-state index contributed by atoms with van der Waals surface area (Å²) in [5.74, 6) is 0.0701. The van der Waals surface area contributed by atoms with Crippen LogP contribution in [0.4, 0.5) is 5.82 Å². The van der Waals surface area contributed by atoms with Gasteiger partial charge in [0.05, 0.1) is 11.5 Å². The van der Waals surface area contributed by atoms with Crippen LogP contribution in [-0.4, -0.2) is 47.1 Å². The third-order valence-corrected chi connectivity index (χ3v) is 5.11. The minimum Gasteiger partial charge on any atom is -0.480 e. The number of carboxylic acid groups (broad SMARTS) is 1. The molecule has 0 spiro atoms. The summed E-state index contributed by atoms with van der Waals surface area (Å²) < 4.78 is 0. The lowest BCUT2D eigenvalue weighted by atomic mass is 9.85. The summed E-state index contributed by atoms with van der Waals surface area (Å²) in [6.45, 7) is 6.49. The van der Waals surface area contributed by atoms with Gasteiger partial charge >= 0.3 is 5.97 Å². The van der Waals surface area contributed by atoms with E-state index in [0.29, 0.717) is 13.1 Å². The van der Waals surface area contributed by atoms with Gasteiger partial charge in [-0.05, 0) is 37.1 Å². The first kappa shape index (κ1) is 18.9. The minimum atomic E-state index is -0.853. The second kappa shape index (κ2) is 7.77. The number of hydrogen-bond donors (Lipinski definition) is 1. The Morgan fingerprint density at radius 2 is 1.81 bits per heavy atom. The van der Waals surface area contributed by atoms with Gasteiger partial charge in [0.25, 0.3) is 0 Å². The first-order valence-corrected chi connectivity index (χ1v) is 9.07. The van der Waals surface area contributed by atoms with Crippen molar-refractivity contribution in [2.45, 2.75) is 25.3 Å². The van der Waals surface area contributed by atoms with Gasteiger partial charge in [-0.1, -0.05) is 30.3 Å². The fourth-order valence-corrected chi connectivity index (χ4v) is 3.41. The van der Waals surface area contributed by atoms with E-state index >= 15 is 0 Å². The highest BCUT2D eigenvalue weighted by atomic mass is 16.4. The highest BCUT2D eigenvalue weighted by Gasteiger charge is 2.31. The van der Waals surface area contributed by atoms with E-state index in [1.54, 1.807) is 6.20 Å². The predicted molar refractivity (Wildman–Crippen MR) is 103 cm³/mol. The molecule has 6 nitrogen and oxygen atoms in total. The largest absolute Gasteiger partial charge is 0.480 e. The molecular weight excluding hydrogens is 340 g/mol. The van der Waals surface area contributed by atoms with E-state index in [-0.39, 0.29) is 0 Å². The van der Waals surface area contributed by atoms with Crippen LogP contribution in [0.2, 0.25) is 0 Å². The van der Waals surface area contributed by atoms with Gasteiger partial charge in [-0.25, -0.2) is 4.98 Å². The van der Waals surface area contributed by atoms with Gasteiger partial charge in [-0.15, -0.1) is 0 Å². The van der Waals surface area contributed by atoms with E-state index in [9.17, 15) is 15.2 Å². The molecule has 3 rings (SSSR count). The standard InChI is InChI=1S/C21H24N4O2/c1-21(2,15-22)17-8-6-16(7-9-17)19(20(26)27)25-13-11-24(12-14-25)18-5-3-4-10-23-18/h3-10,19H,11-14H2,1-2H3,(H,26,27)/t19-/m0/s1. The molecule has 1 aromatic carbocycles. The maximum absolute atomic E-state index is 12.0. The van der Waals surface area contributed by atoms with E-state index in [0.717, 1.165) is 30.0 Å². The molecular formula is C21H24N4O2. The van der Waals surface area contributed by atoms with Crippen molar-refractivity contribution in [2.24, 2.45) is 0 Å². The molecule has 0 saturated carbocycles. The highest BCUT2D eigenvalue weighted by molar-refractivity contribution is 5.75. The summed E-state index contributed by atoms with van der Waals surface area (Å²) >= 11 is 0. The molecule has 1 saturated heterocycles. The molecule has 0 bridgehead atoms. The van der Waals surface area contributed by atoms with Gasteiger partial charge in [0.15, 0.2) is 0 Å². The van der Waals surface area contributed by atoms with E-state index in [1.165, 1.54) is 0 Å². The van der Waals surface area contributed by atoms with Crippen LogP contribution in [0.3, 0.4) is 0 Å². The number of carboxylic acids is 1. The first-order valence-electron chi connectivity index (χ1n) is 9.07. The minimum absolute atomic E-state index is 0.592. The third kappa shape index (κ3) is 4.09. The van der Waals surface area contributed by atoms with Crippen LogP contribution in [0.25, 0.3) is 0 Å². The van der Waals surface area contributed by atoms with Crippen molar-refractivity contribution < 1.29 is 9.90 Å². The fraction of sp³-hybridized carbons (Fsp3) is 0.381. The monoisotopic (exact) mass is 364 g/mol. The number of piperazine rings is 1. The van der Waals surface area contributed by atoms with Crippen molar-refractivity contribution in [3.8, 4) is 6.07 Å². The van der Waals surface area contributed by atoms with Crippen LogP contribution in [0, 0.1) is 11.3 Å². The molecule has 1 atom stereocenters. The Kier molecular flexibility index (Phi) is 5.43. The van der Waals surface area contributed by atoms with Crippen molar-refractivity contribution in [1.29, 1.82) is 5.26 Å². The van der Waals surface area contributed by atoms with E-state index in [2.05, 4.69) is 16.0 Å². The maximum Gasteiger partial charge on any atom is 0.325 e. The zero-order chi connectivity index (χ0) is 19.4. The quantitative estimate of drug-likeness (QED) is 0.879. The number of rotatable bonds is 5. The molecule has 27 heavy (non-hydrogen) atoms. The number of hydrogen-bond acceptors (Lipinski definition) is 5. The molecule has 1 N–H and O–H groups in total. The summed E-state index contributed by atoms with van der Waals surface area (Å²) in [4.78, 5) is 20.5. The lowest BCUT2D eigenvalue weighted by molar-refractivity contribution is -0.143. The molecule has 1 aromatic heterocycles. The van der Waals surface area contributed by atoms with Crippen molar-refractivity contribution in [2.75, 3.05) is 31.1 Å². The summed E-state index contributed by atoms with van der Waals surface area (Å²) in [6.07, 6.45) is 1.77. The zero-order valence-corrected chi connectivity index (χ0v) is 15.7. The van der Waals surface area contributed by atoms with Crippen LogP contribution in [-0.2, 0) is 10.2 Å². The van der Waals surface area contributed by atoms with Crippen molar-refractivity contribution in [1.82, 2.24) is 9.88 Å². The lowest BCUT2D eigenvalue weighted by Gasteiger charge is -2.38. The number of aromatic nitrogens is 1. The SMILES string of the molecule is CC(C)(C#N)c1ccc([C@@H](C(=O)O)N2CCN(c3ccccn3)CC2)cc1. The number of nitriles is 1. The summed E-state index contributed by atoms with van der Waals surface area (Å²) in [5, 5.41) is 19.1. The van der Waals surface area contributed by atoms with Crippen LogP contribution in [0.15, 0.2) is 48.7 Å². The summed E-state index contributed by atoms with van der Waals surface area (Å²) in [6, 6.07) is 14.8.